The molecule has 0 fully saturated rings. The van der Waals surface area contributed by atoms with Gasteiger partial charge in [-0.3, -0.25) is 0 Å². The van der Waals surface area contributed by atoms with Crippen molar-refractivity contribution in [2.75, 3.05) is 0 Å². The van der Waals surface area contributed by atoms with Gasteiger partial charge < -0.3 is 5.43 Å². The second kappa shape index (κ2) is 6.22. The molecule has 0 heterocycles. The molecular formula is C15H15ClN2. The molecular weight excluding hydrogens is 244 g/mol. The van der Waals surface area contributed by atoms with E-state index in [0.717, 1.165) is 21.9 Å². The molecule has 0 radical (unpaired) electrons. The van der Waals surface area contributed by atoms with Gasteiger partial charge in [0.05, 0.1) is 12.3 Å². The van der Waals surface area contributed by atoms with Crippen molar-refractivity contribution in [3.8, 4) is 0 Å². The van der Waals surface area contributed by atoms with Crippen molar-refractivity contribution in [2.45, 2.75) is 13.5 Å². The SMILES string of the molecule is C/C(=N/NCc1ccc(Cl)cc1)c1ccccc1. The molecule has 92 valence electrons. The number of nitrogens with one attached hydrogen (secondary N) is 1. The van der Waals surface area contributed by atoms with Crippen LogP contribution in [-0.4, -0.2) is 5.71 Å². The van der Waals surface area contributed by atoms with Gasteiger partial charge in [-0.15, -0.1) is 0 Å². The number of hydrogen-bond acceptors (Lipinski definition) is 2. The summed E-state index contributed by atoms with van der Waals surface area (Å²) in [6.45, 7) is 2.69. The normalized spacial score (nSPS) is 11.3. The van der Waals surface area contributed by atoms with Crippen molar-refractivity contribution in [2.24, 2.45) is 5.10 Å². The van der Waals surface area contributed by atoms with E-state index in [0.29, 0.717) is 6.54 Å². The topological polar surface area (TPSA) is 24.4 Å². The summed E-state index contributed by atoms with van der Waals surface area (Å²) in [4.78, 5) is 0. The van der Waals surface area contributed by atoms with Gasteiger partial charge in [-0.1, -0.05) is 54.1 Å². The molecule has 0 aromatic heterocycles. The van der Waals surface area contributed by atoms with Gasteiger partial charge in [-0.2, -0.15) is 5.10 Å². The molecule has 0 spiro atoms. The number of benzene rings is 2. The molecule has 2 aromatic rings. The molecule has 2 nitrogen and oxygen atoms in total. The first-order chi connectivity index (χ1) is 8.75. The molecule has 2 aromatic carbocycles. The Bertz CT molecular complexity index is 518. The molecule has 0 atom stereocenters. The van der Waals surface area contributed by atoms with Crippen LogP contribution in [0.3, 0.4) is 0 Å². The Hall–Kier alpha value is -1.80. The largest absolute Gasteiger partial charge is 0.305 e. The Balaban J connectivity index is 1.93. The van der Waals surface area contributed by atoms with Crippen LogP contribution in [0.2, 0.25) is 5.02 Å². The van der Waals surface area contributed by atoms with Gasteiger partial charge in [0.25, 0.3) is 0 Å². The first-order valence-electron chi connectivity index (χ1n) is 5.83. The van der Waals surface area contributed by atoms with Crippen molar-refractivity contribution < 1.29 is 0 Å². The van der Waals surface area contributed by atoms with Crippen LogP contribution in [-0.2, 0) is 6.54 Å². The zero-order chi connectivity index (χ0) is 12.8. The average molecular weight is 259 g/mol. The fourth-order valence-electron chi connectivity index (χ4n) is 1.60. The molecule has 0 unspecified atom stereocenters. The van der Waals surface area contributed by atoms with Crippen LogP contribution in [0.15, 0.2) is 59.7 Å². The van der Waals surface area contributed by atoms with E-state index in [-0.39, 0.29) is 0 Å². The molecule has 0 bridgehead atoms. The molecule has 0 saturated heterocycles. The van der Waals surface area contributed by atoms with Crippen molar-refractivity contribution in [3.63, 3.8) is 0 Å². The molecule has 0 saturated carbocycles. The maximum atomic E-state index is 5.83. The minimum atomic E-state index is 0.696. The van der Waals surface area contributed by atoms with Crippen LogP contribution in [0.25, 0.3) is 0 Å². The average Bonchev–Trinajstić information content (AvgIpc) is 2.42. The Morgan fingerprint density at radius 2 is 1.72 bits per heavy atom. The van der Waals surface area contributed by atoms with Crippen LogP contribution in [0.5, 0.6) is 0 Å². The van der Waals surface area contributed by atoms with Crippen LogP contribution in [0.1, 0.15) is 18.1 Å². The van der Waals surface area contributed by atoms with Crippen molar-refractivity contribution in [3.05, 3.63) is 70.7 Å². The highest BCUT2D eigenvalue weighted by atomic mass is 35.5. The monoisotopic (exact) mass is 258 g/mol. The number of halogens is 1. The summed E-state index contributed by atoms with van der Waals surface area (Å²) < 4.78 is 0. The second-order valence-electron chi connectivity index (χ2n) is 4.02. The number of nitrogens with zero attached hydrogens (tertiary/aromatic N) is 1. The highest BCUT2D eigenvalue weighted by molar-refractivity contribution is 6.30. The molecule has 0 amide bonds. The molecule has 0 aliphatic rings. The van der Waals surface area contributed by atoms with E-state index >= 15 is 0 Å². The lowest BCUT2D eigenvalue weighted by atomic mass is 10.1. The predicted molar refractivity (Wildman–Crippen MR) is 76.9 cm³/mol. The fourth-order valence-corrected chi connectivity index (χ4v) is 1.72. The van der Waals surface area contributed by atoms with E-state index in [1.807, 2.05) is 61.5 Å². The summed E-state index contributed by atoms with van der Waals surface area (Å²) in [6, 6.07) is 17.8. The smallest absolute Gasteiger partial charge is 0.0644 e. The molecule has 3 heteroatoms. The first-order valence-corrected chi connectivity index (χ1v) is 6.20. The van der Waals surface area contributed by atoms with E-state index in [9.17, 15) is 0 Å². The van der Waals surface area contributed by atoms with E-state index in [2.05, 4.69) is 10.5 Å². The van der Waals surface area contributed by atoms with Gasteiger partial charge in [0.15, 0.2) is 0 Å². The molecule has 0 aliphatic carbocycles. The van der Waals surface area contributed by atoms with Gasteiger partial charge in [-0.05, 0) is 30.2 Å². The minimum Gasteiger partial charge on any atom is -0.305 e. The van der Waals surface area contributed by atoms with Crippen molar-refractivity contribution in [1.82, 2.24) is 5.43 Å². The van der Waals surface area contributed by atoms with Gasteiger partial charge >= 0.3 is 0 Å². The third kappa shape index (κ3) is 3.60. The molecule has 2 rings (SSSR count). The van der Waals surface area contributed by atoms with Gasteiger partial charge in [0.2, 0.25) is 0 Å². The molecule has 18 heavy (non-hydrogen) atoms. The summed E-state index contributed by atoms with van der Waals surface area (Å²) in [6.07, 6.45) is 0. The lowest BCUT2D eigenvalue weighted by molar-refractivity contribution is 0.744. The Kier molecular flexibility index (Phi) is 4.37. The van der Waals surface area contributed by atoms with E-state index < -0.39 is 0 Å². The van der Waals surface area contributed by atoms with Crippen LogP contribution >= 0.6 is 11.6 Å². The number of hydrazone groups is 1. The van der Waals surface area contributed by atoms with Crippen molar-refractivity contribution in [1.29, 1.82) is 0 Å². The van der Waals surface area contributed by atoms with Crippen LogP contribution in [0.4, 0.5) is 0 Å². The second-order valence-corrected chi connectivity index (χ2v) is 4.46. The van der Waals surface area contributed by atoms with E-state index in [1.165, 1.54) is 0 Å². The van der Waals surface area contributed by atoms with Gasteiger partial charge in [-0.25, -0.2) is 0 Å². The quantitative estimate of drug-likeness (QED) is 0.654. The zero-order valence-electron chi connectivity index (χ0n) is 10.2. The number of hydrogen-bond donors (Lipinski definition) is 1. The summed E-state index contributed by atoms with van der Waals surface area (Å²) in [5.41, 5.74) is 6.32. The van der Waals surface area contributed by atoms with Gasteiger partial charge in [0.1, 0.15) is 0 Å². The van der Waals surface area contributed by atoms with E-state index in [4.69, 9.17) is 11.6 Å². The summed E-state index contributed by atoms with van der Waals surface area (Å²) in [5, 5.41) is 5.10. The lowest BCUT2D eigenvalue weighted by Crippen LogP contribution is -2.09. The lowest BCUT2D eigenvalue weighted by Gasteiger charge is -2.04. The Labute approximate surface area is 112 Å². The fraction of sp³-hybridized carbons (Fsp3) is 0.133. The highest BCUT2D eigenvalue weighted by Gasteiger charge is 1.95. The zero-order valence-corrected chi connectivity index (χ0v) is 11.0. The molecule has 1 N–H and O–H groups in total. The Morgan fingerprint density at radius 1 is 1.06 bits per heavy atom. The van der Waals surface area contributed by atoms with Crippen molar-refractivity contribution >= 4 is 17.3 Å². The standard InChI is InChI=1S/C15H15ClN2/c1-12(14-5-3-2-4-6-14)18-17-11-13-7-9-15(16)10-8-13/h2-10,17H,11H2,1H3/b18-12-. The summed E-state index contributed by atoms with van der Waals surface area (Å²) in [7, 11) is 0. The molecule has 0 aliphatic heterocycles. The minimum absolute atomic E-state index is 0.696. The first kappa shape index (κ1) is 12.7. The highest BCUT2D eigenvalue weighted by Crippen LogP contribution is 2.09. The predicted octanol–water partition coefficient (Wildman–Crippen LogP) is 3.85. The van der Waals surface area contributed by atoms with Gasteiger partial charge in [0, 0.05) is 5.02 Å². The maximum absolute atomic E-state index is 5.83. The third-order valence-electron chi connectivity index (χ3n) is 2.63. The summed E-state index contributed by atoms with van der Waals surface area (Å²) >= 11 is 5.83. The maximum Gasteiger partial charge on any atom is 0.0644 e. The number of rotatable bonds is 4. The van der Waals surface area contributed by atoms with E-state index in [1.54, 1.807) is 0 Å². The summed E-state index contributed by atoms with van der Waals surface area (Å²) in [5.74, 6) is 0. The van der Waals surface area contributed by atoms with Crippen LogP contribution < -0.4 is 5.43 Å². The van der Waals surface area contributed by atoms with Crippen LogP contribution in [0, 0.1) is 0 Å². The Morgan fingerprint density at radius 3 is 2.39 bits per heavy atom. The third-order valence-corrected chi connectivity index (χ3v) is 2.89.